The molecule has 2 amide bonds. The Kier molecular flexibility index (Phi) is 8.15. The molecule has 13 heteroatoms. The van der Waals surface area contributed by atoms with Gasteiger partial charge in [0, 0.05) is 40.8 Å². The average molecular weight is 654 g/mol. The first-order chi connectivity index (χ1) is 21.4. The summed E-state index contributed by atoms with van der Waals surface area (Å²) in [6.45, 7) is 12.2. The van der Waals surface area contributed by atoms with E-state index in [1.807, 2.05) is 37.4 Å². The number of pyridine rings is 1. The summed E-state index contributed by atoms with van der Waals surface area (Å²) >= 11 is 1.53. The van der Waals surface area contributed by atoms with Gasteiger partial charge in [-0.1, -0.05) is 26.8 Å². The second-order valence-electron chi connectivity index (χ2n) is 12.6. The topological polar surface area (TPSA) is 149 Å². The van der Waals surface area contributed by atoms with Crippen molar-refractivity contribution in [2.24, 2.45) is 11.8 Å². The largest absolute Gasteiger partial charge is 0.496 e. The van der Waals surface area contributed by atoms with Crippen LogP contribution in [0.1, 0.15) is 57.2 Å². The summed E-state index contributed by atoms with van der Waals surface area (Å²) in [5.41, 5.74) is 1.98. The fourth-order valence-corrected chi connectivity index (χ4v) is 8.27. The number of benzene rings is 1. The minimum atomic E-state index is -3.76. The molecule has 2 aliphatic carbocycles. The minimum Gasteiger partial charge on any atom is -0.496 e. The number of thiazole rings is 1. The van der Waals surface area contributed by atoms with Crippen LogP contribution in [0.15, 0.2) is 36.2 Å². The zero-order chi connectivity index (χ0) is 32.3. The van der Waals surface area contributed by atoms with Gasteiger partial charge in [0.25, 0.3) is 5.91 Å². The number of aryl methyl sites for hydroxylation is 1. The van der Waals surface area contributed by atoms with Gasteiger partial charge in [0.1, 0.15) is 33.8 Å². The lowest BCUT2D eigenvalue weighted by Crippen LogP contribution is -2.56. The Labute approximate surface area is 267 Å². The highest BCUT2D eigenvalue weighted by atomic mass is 32.2. The Bertz CT molecular complexity index is 1790. The van der Waals surface area contributed by atoms with Gasteiger partial charge in [-0.3, -0.25) is 14.3 Å². The molecule has 240 valence electrons. The van der Waals surface area contributed by atoms with Crippen LogP contribution in [0.25, 0.3) is 21.6 Å². The van der Waals surface area contributed by atoms with Crippen LogP contribution >= 0.6 is 11.3 Å². The number of carbonyl (C=O) groups excluding carboxylic acids is 2. The van der Waals surface area contributed by atoms with Gasteiger partial charge in [0.15, 0.2) is 0 Å². The summed E-state index contributed by atoms with van der Waals surface area (Å²) in [6, 6.07) is 5.05. The monoisotopic (exact) mass is 653 g/mol. The van der Waals surface area contributed by atoms with Crippen molar-refractivity contribution < 1.29 is 27.5 Å². The quantitative estimate of drug-likeness (QED) is 0.263. The molecule has 2 aromatic heterocycles. The molecule has 2 saturated carbocycles. The van der Waals surface area contributed by atoms with Crippen LogP contribution in [0, 0.1) is 18.8 Å². The molecule has 1 saturated heterocycles. The maximum absolute atomic E-state index is 13.6. The molecule has 3 aromatic rings. The number of hydrogen-bond acceptors (Lipinski definition) is 10. The van der Waals surface area contributed by atoms with Gasteiger partial charge in [-0.25, -0.2) is 18.4 Å². The van der Waals surface area contributed by atoms with Crippen LogP contribution in [0.2, 0.25) is 0 Å². The van der Waals surface area contributed by atoms with Gasteiger partial charge < -0.3 is 20.1 Å². The molecule has 0 bridgehead atoms. The number of hydrogen-bond donors (Lipinski definition) is 3. The van der Waals surface area contributed by atoms with Gasteiger partial charge in [0.2, 0.25) is 15.9 Å². The van der Waals surface area contributed by atoms with Gasteiger partial charge in [-0.2, -0.15) is 0 Å². The highest BCUT2D eigenvalue weighted by molar-refractivity contribution is 7.91. The Morgan fingerprint density at radius 1 is 1.22 bits per heavy atom. The Balaban J connectivity index is 1.23. The van der Waals surface area contributed by atoms with E-state index in [-0.39, 0.29) is 29.8 Å². The van der Waals surface area contributed by atoms with E-state index in [1.165, 1.54) is 11.3 Å². The van der Waals surface area contributed by atoms with Crippen molar-refractivity contribution in [2.45, 2.75) is 75.8 Å². The molecule has 11 nitrogen and oxygen atoms in total. The number of methoxy groups -OCH3 is 1. The molecule has 6 rings (SSSR count). The van der Waals surface area contributed by atoms with E-state index in [0.717, 1.165) is 27.2 Å². The number of nitrogens with one attached hydrogen (secondary N) is 3. The van der Waals surface area contributed by atoms with E-state index in [2.05, 4.69) is 35.8 Å². The van der Waals surface area contributed by atoms with Crippen molar-refractivity contribution in [3.8, 4) is 22.2 Å². The van der Waals surface area contributed by atoms with Gasteiger partial charge in [0.05, 0.1) is 29.6 Å². The zero-order valence-corrected chi connectivity index (χ0v) is 27.7. The highest BCUT2D eigenvalue weighted by Crippen LogP contribution is 2.45. The summed E-state index contributed by atoms with van der Waals surface area (Å²) in [7, 11) is -2.13. The van der Waals surface area contributed by atoms with Crippen LogP contribution in [0.3, 0.4) is 0 Å². The molecule has 1 aliphatic heterocycles. The van der Waals surface area contributed by atoms with Crippen molar-refractivity contribution in [1.29, 1.82) is 0 Å². The number of amides is 2. The molecule has 1 aromatic carbocycles. The van der Waals surface area contributed by atoms with E-state index in [9.17, 15) is 18.0 Å². The zero-order valence-electron chi connectivity index (χ0n) is 26.0. The predicted octanol–water partition coefficient (Wildman–Crippen LogP) is 3.82. The van der Waals surface area contributed by atoms with Crippen molar-refractivity contribution in [1.82, 2.24) is 25.3 Å². The molecule has 3 N–H and O–H groups in total. The number of carbonyl (C=O) groups is 2. The van der Waals surface area contributed by atoms with E-state index >= 15 is 0 Å². The van der Waals surface area contributed by atoms with Crippen LogP contribution in [-0.2, 0) is 19.6 Å². The number of ether oxygens (including phenoxy) is 2. The second-order valence-corrected chi connectivity index (χ2v) is 15.4. The van der Waals surface area contributed by atoms with E-state index in [4.69, 9.17) is 19.4 Å². The first-order valence-corrected chi connectivity index (χ1v) is 17.7. The van der Waals surface area contributed by atoms with Crippen molar-refractivity contribution >= 4 is 44.1 Å². The molecule has 5 unspecified atom stereocenters. The third-order valence-electron chi connectivity index (χ3n) is 9.16. The third kappa shape index (κ3) is 5.81. The number of aromatic nitrogens is 2. The maximum atomic E-state index is 13.6. The number of rotatable bonds is 11. The van der Waals surface area contributed by atoms with Crippen LogP contribution in [-0.4, -0.2) is 66.8 Å². The van der Waals surface area contributed by atoms with Crippen molar-refractivity contribution in [3.63, 3.8) is 0 Å². The van der Waals surface area contributed by atoms with Crippen molar-refractivity contribution in [2.75, 3.05) is 13.7 Å². The van der Waals surface area contributed by atoms with Gasteiger partial charge in [-0.05, 0) is 44.2 Å². The number of nitrogens with zero attached hydrogens (tertiary/aromatic N) is 2. The summed E-state index contributed by atoms with van der Waals surface area (Å²) in [4.78, 5) is 36.5. The van der Waals surface area contributed by atoms with Crippen LogP contribution in [0.5, 0.6) is 11.5 Å². The average Bonchev–Trinajstić information content (AvgIpc) is 3.89. The molecule has 3 aliphatic rings. The number of fused-ring (bicyclic) bond motifs is 1. The molecule has 3 heterocycles. The van der Waals surface area contributed by atoms with Crippen LogP contribution in [0.4, 0.5) is 0 Å². The second kappa shape index (κ2) is 11.7. The summed E-state index contributed by atoms with van der Waals surface area (Å²) in [5, 5.41) is 9.22. The Hall–Kier alpha value is -3.55. The fourth-order valence-electron chi connectivity index (χ4n) is 5.96. The fraction of sp³-hybridized carbons (Fsp3) is 0.500. The predicted molar refractivity (Wildman–Crippen MR) is 173 cm³/mol. The summed E-state index contributed by atoms with van der Waals surface area (Å²) < 4.78 is 39.3. The summed E-state index contributed by atoms with van der Waals surface area (Å²) in [5.74, 6) is -0.113. The van der Waals surface area contributed by atoms with E-state index < -0.39 is 32.8 Å². The standard InChI is InChI=1S/C32H39N5O6S2/c1-7-19-13-32(19,31(39)37-45(40,41)20-8-9-20)36-29(38)28-18(5)26(14-33-28)43-25-12-22(30-35-23(15-44-30)16(2)3)34-27-17(4)24(42-6)11-10-21(25)27/h7,10-12,15-16,18-20,26,28,33H,1,8-9,13-14H2,2-6H3,(H,36,38)(H,37,39). The summed E-state index contributed by atoms with van der Waals surface area (Å²) in [6.07, 6.45) is 2.55. The Morgan fingerprint density at radius 3 is 2.60 bits per heavy atom. The molecular weight excluding hydrogens is 615 g/mol. The molecule has 0 spiro atoms. The SMILES string of the molecule is C=CC1CC1(NC(=O)C1NCC(Oc2cc(-c3nc(C(C)C)cs3)nc3c(C)c(OC)ccc23)C1C)C(=O)NS(=O)(=O)C1CC1. The Morgan fingerprint density at radius 2 is 1.98 bits per heavy atom. The third-order valence-corrected chi connectivity index (χ3v) is 11.9. The molecule has 5 atom stereocenters. The molecule has 45 heavy (non-hydrogen) atoms. The first-order valence-electron chi connectivity index (χ1n) is 15.2. The number of sulfonamides is 1. The minimum absolute atomic E-state index is 0.278. The maximum Gasteiger partial charge on any atom is 0.259 e. The van der Waals surface area contributed by atoms with Gasteiger partial charge >= 0.3 is 0 Å². The van der Waals surface area contributed by atoms with Crippen molar-refractivity contribution in [3.05, 3.63) is 47.5 Å². The molecule has 0 radical (unpaired) electrons. The first kappa shape index (κ1) is 31.4. The lowest BCUT2D eigenvalue weighted by Gasteiger charge is -2.24. The molecule has 3 fully saturated rings. The van der Waals surface area contributed by atoms with Crippen LogP contribution < -0.4 is 24.8 Å². The molecular formula is C32H39N5O6S2. The lowest BCUT2D eigenvalue weighted by atomic mass is 9.99. The van der Waals surface area contributed by atoms with Gasteiger partial charge in [-0.15, -0.1) is 17.9 Å². The van der Waals surface area contributed by atoms with E-state index in [1.54, 1.807) is 13.2 Å². The van der Waals surface area contributed by atoms with E-state index in [0.29, 0.717) is 43.0 Å². The smallest absolute Gasteiger partial charge is 0.259 e. The highest BCUT2D eigenvalue weighted by Gasteiger charge is 2.61. The normalized spacial score (nSPS) is 26.1. The lowest BCUT2D eigenvalue weighted by molar-refractivity contribution is -0.130.